The molecule has 0 aromatic rings. The second-order valence-electron chi connectivity index (χ2n) is 4.47. The van der Waals surface area contributed by atoms with Crippen molar-refractivity contribution in [3.05, 3.63) is 0 Å². The van der Waals surface area contributed by atoms with Crippen LogP contribution < -0.4 is 0 Å². The fraction of sp³-hybridized carbons (Fsp3) is 1.00. The fourth-order valence-corrected chi connectivity index (χ4v) is 2.87. The average molecular weight is 139 g/mol. The van der Waals surface area contributed by atoms with Crippen LogP contribution in [0.5, 0.6) is 0 Å². The minimum absolute atomic E-state index is 0.808. The standard InChI is InChI=1S/C9H17N/c1-7(2)8-9(4-5-9)6-10(8)3/h7-8H,4-6H2,1-3H3. The van der Waals surface area contributed by atoms with E-state index in [-0.39, 0.29) is 0 Å². The number of hydrogen-bond donors (Lipinski definition) is 0. The molecule has 1 saturated heterocycles. The number of likely N-dealkylation sites (tertiary alicyclic amines) is 1. The van der Waals surface area contributed by atoms with Crippen molar-refractivity contribution >= 4 is 0 Å². The van der Waals surface area contributed by atoms with Crippen LogP contribution in [0.3, 0.4) is 0 Å². The highest BCUT2D eigenvalue weighted by Crippen LogP contribution is 2.59. The van der Waals surface area contributed by atoms with E-state index in [0.29, 0.717) is 0 Å². The summed E-state index contributed by atoms with van der Waals surface area (Å²) < 4.78 is 0. The molecule has 1 unspecified atom stereocenters. The minimum Gasteiger partial charge on any atom is -0.302 e. The molecule has 1 nitrogen and oxygen atoms in total. The van der Waals surface area contributed by atoms with E-state index >= 15 is 0 Å². The highest BCUT2D eigenvalue weighted by atomic mass is 15.2. The van der Waals surface area contributed by atoms with Crippen molar-refractivity contribution in [1.82, 2.24) is 4.90 Å². The molecule has 1 saturated carbocycles. The Hall–Kier alpha value is -0.0400. The molecule has 0 bridgehead atoms. The highest BCUT2D eigenvalue weighted by Gasteiger charge is 2.59. The first-order chi connectivity index (χ1) is 4.66. The Morgan fingerprint density at radius 3 is 2.20 bits per heavy atom. The number of nitrogens with zero attached hydrogens (tertiary/aromatic N) is 1. The molecule has 0 N–H and O–H groups in total. The Morgan fingerprint density at radius 2 is 2.00 bits per heavy atom. The molecule has 2 rings (SSSR count). The van der Waals surface area contributed by atoms with E-state index in [2.05, 4.69) is 25.8 Å². The summed E-state index contributed by atoms with van der Waals surface area (Å²) in [5, 5.41) is 0. The van der Waals surface area contributed by atoms with Crippen LogP contribution in [-0.2, 0) is 0 Å². The molecule has 0 aromatic carbocycles. The lowest BCUT2D eigenvalue weighted by molar-refractivity contribution is -0.01000. The first kappa shape index (κ1) is 6.66. The molecule has 1 aliphatic carbocycles. The van der Waals surface area contributed by atoms with E-state index < -0.39 is 0 Å². The molecular formula is C9H17N. The van der Waals surface area contributed by atoms with Crippen LogP contribution in [-0.4, -0.2) is 24.5 Å². The highest BCUT2D eigenvalue weighted by molar-refractivity contribution is 5.12. The molecule has 1 atom stereocenters. The van der Waals surface area contributed by atoms with E-state index in [4.69, 9.17) is 0 Å². The topological polar surface area (TPSA) is 3.24 Å². The molecule has 1 spiro atoms. The fourth-order valence-electron chi connectivity index (χ4n) is 2.87. The zero-order valence-corrected chi connectivity index (χ0v) is 7.22. The zero-order valence-electron chi connectivity index (χ0n) is 7.22. The van der Waals surface area contributed by atoms with Gasteiger partial charge in [0.05, 0.1) is 0 Å². The van der Waals surface area contributed by atoms with Gasteiger partial charge in [0.15, 0.2) is 0 Å². The van der Waals surface area contributed by atoms with Crippen molar-refractivity contribution in [1.29, 1.82) is 0 Å². The molecule has 10 heavy (non-hydrogen) atoms. The Kier molecular flexibility index (Phi) is 1.17. The monoisotopic (exact) mass is 139 g/mol. The van der Waals surface area contributed by atoms with Crippen molar-refractivity contribution in [3.63, 3.8) is 0 Å². The van der Waals surface area contributed by atoms with Gasteiger partial charge in [-0.1, -0.05) is 13.8 Å². The van der Waals surface area contributed by atoms with Gasteiger partial charge >= 0.3 is 0 Å². The molecule has 1 aliphatic heterocycles. The predicted molar refractivity (Wildman–Crippen MR) is 42.9 cm³/mol. The van der Waals surface area contributed by atoms with Crippen LogP contribution in [0.25, 0.3) is 0 Å². The summed E-state index contributed by atoms with van der Waals surface area (Å²) in [5.41, 5.74) is 0.808. The van der Waals surface area contributed by atoms with Gasteiger partial charge < -0.3 is 4.90 Å². The van der Waals surface area contributed by atoms with Crippen LogP contribution in [0.15, 0.2) is 0 Å². The summed E-state index contributed by atoms with van der Waals surface area (Å²) >= 11 is 0. The van der Waals surface area contributed by atoms with E-state index in [1.54, 1.807) is 0 Å². The molecule has 2 fully saturated rings. The molecule has 0 radical (unpaired) electrons. The number of hydrogen-bond acceptors (Lipinski definition) is 1. The lowest BCUT2D eigenvalue weighted by Crippen LogP contribution is -2.58. The SMILES string of the molecule is CC(C)C1N(C)CC12CC2. The van der Waals surface area contributed by atoms with Gasteiger partial charge in [0.1, 0.15) is 0 Å². The van der Waals surface area contributed by atoms with Crippen molar-refractivity contribution < 1.29 is 0 Å². The summed E-state index contributed by atoms with van der Waals surface area (Å²) in [6.45, 7) is 6.07. The minimum atomic E-state index is 0.808. The second-order valence-corrected chi connectivity index (χ2v) is 4.47. The Morgan fingerprint density at radius 1 is 1.40 bits per heavy atom. The zero-order chi connectivity index (χ0) is 7.35. The van der Waals surface area contributed by atoms with E-state index in [1.807, 2.05) is 0 Å². The second kappa shape index (κ2) is 1.76. The van der Waals surface area contributed by atoms with Gasteiger partial charge in [-0.3, -0.25) is 0 Å². The van der Waals surface area contributed by atoms with Crippen molar-refractivity contribution in [2.24, 2.45) is 11.3 Å². The van der Waals surface area contributed by atoms with Gasteiger partial charge in [-0.15, -0.1) is 0 Å². The van der Waals surface area contributed by atoms with Gasteiger partial charge in [-0.05, 0) is 31.2 Å². The lowest BCUT2D eigenvalue weighted by Gasteiger charge is -2.49. The molecule has 0 aromatic heterocycles. The predicted octanol–water partition coefficient (Wildman–Crippen LogP) is 1.74. The van der Waals surface area contributed by atoms with Crippen molar-refractivity contribution in [2.45, 2.75) is 32.7 Å². The first-order valence-electron chi connectivity index (χ1n) is 4.36. The first-order valence-corrected chi connectivity index (χ1v) is 4.36. The van der Waals surface area contributed by atoms with Crippen molar-refractivity contribution in [3.8, 4) is 0 Å². The molecule has 1 heteroatoms. The Balaban J connectivity index is 2.04. The van der Waals surface area contributed by atoms with Crippen LogP contribution in [0.4, 0.5) is 0 Å². The maximum Gasteiger partial charge on any atom is 0.0184 e. The van der Waals surface area contributed by atoms with Crippen molar-refractivity contribution in [2.75, 3.05) is 13.6 Å². The summed E-state index contributed by atoms with van der Waals surface area (Å²) in [5.74, 6) is 0.862. The van der Waals surface area contributed by atoms with Crippen LogP contribution >= 0.6 is 0 Å². The Labute approximate surface area is 63.4 Å². The third kappa shape index (κ3) is 0.672. The smallest absolute Gasteiger partial charge is 0.0184 e. The van der Waals surface area contributed by atoms with Gasteiger partial charge in [0.25, 0.3) is 0 Å². The molecule has 58 valence electrons. The van der Waals surface area contributed by atoms with Crippen LogP contribution in [0, 0.1) is 11.3 Å². The summed E-state index contributed by atoms with van der Waals surface area (Å²) in [7, 11) is 2.26. The van der Waals surface area contributed by atoms with E-state index in [0.717, 1.165) is 17.4 Å². The average Bonchev–Trinajstić information content (AvgIpc) is 2.44. The quantitative estimate of drug-likeness (QED) is 0.535. The molecule has 0 amide bonds. The maximum absolute atomic E-state index is 2.51. The Bertz CT molecular complexity index is 142. The van der Waals surface area contributed by atoms with Gasteiger partial charge in [0, 0.05) is 12.6 Å². The largest absolute Gasteiger partial charge is 0.302 e. The van der Waals surface area contributed by atoms with Crippen LogP contribution in [0.1, 0.15) is 26.7 Å². The normalized spacial score (nSPS) is 36.6. The molecular weight excluding hydrogens is 122 g/mol. The lowest BCUT2D eigenvalue weighted by atomic mass is 9.79. The summed E-state index contributed by atoms with van der Waals surface area (Å²) in [6, 6.07) is 0.910. The van der Waals surface area contributed by atoms with Gasteiger partial charge in [-0.2, -0.15) is 0 Å². The van der Waals surface area contributed by atoms with Gasteiger partial charge in [-0.25, -0.2) is 0 Å². The molecule has 1 heterocycles. The third-order valence-electron chi connectivity index (χ3n) is 3.19. The van der Waals surface area contributed by atoms with Crippen LogP contribution in [0.2, 0.25) is 0 Å². The third-order valence-corrected chi connectivity index (χ3v) is 3.19. The van der Waals surface area contributed by atoms with Gasteiger partial charge in [0.2, 0.25) is 0 Å². The summed E-state index contributed by atoms with van der Waals surface area (Å²) in [6.07, 6.45) is 3.00. The maximum atomic E-state index is 2.51. The van der Waals surface area contributed by atoms with E-state index in [1.165, 1.54) is 19.4 Å². The summed E-state index contributed by atoms with van der Waals surface area (Å²) in [4.78, 5) is 2.51. The molecule has 2 aliphatic rings. The van der Waals surface area contributed by atoms with E-state index in [9.17, 15) is 0 Å². The number of rotatable bonds is 1.